The lowest BCUT2D eigenvalue weighted by atomic mass is 9.94. The lowest BCUT2D eigenvalue weighted by Crippen LogP contribution is -2.44. The number of rotatable bonds is 6. The molecule has 0 spiro atoms. The molecule has 0 aliphatic carbocycles. The van der Waals surface area contributed by atoms with Gasteiger partial charge < -0.3 is 10.5 Å². The summed E-state index contributed by atoms with van der Waals surface area (Å²) >= 11 is 1.90. The highest BCUT2D eigenvalue weighted by Gasteiger charge is 2.30. The van der Waals surface area contributed by atoms with Gasteiger partial charge >= 0.3 is 0 Å². The number of thiophene rings is 1. The van der Waals surface area contributed by atoms with Gasteiger partial charge in [0.2, 0.25) is 0 Å². The summed E-state index contributed by atoms with van der Waals surface area (Å²) in [5.74, 6) is 0.722. The first-order valence-corrected chi connectivity index (χ1v) is 8.52. The van der Waals surface area contributed by atoms with E-state index in [0.717, 1.165) is 32.0 Å². The summed E-state index contributed by atoms with van der Waals surface area (Å²) in [6.07, 6.45) is 3.48. The zero-order valence-electron chi connectivity index (χ0n) is 13.0. The Morgan fingerprint density at radius 2 is 2.10 bits per heavy atom. The third-order valence-corrected chi connectivity index (χ3v) is 5.45. The fraction of sp³-hybridized carbons (Fsp3) is 0.750. The van der Waals surface area contributed by atoms with Crippen molar-refractivity contribution < 1.29 is 4.74 Å². The van der Waals surface area contributed by atoms with Crippen molar-refractivity contribution in [3.8, 4) is 0 Å². The number of nitrogens with two attached hydrogens (primary N) is 1. The molecule has 2 rings (SSSR count). The summed E-state index contributed by atoms with van der Waals surface area (Å²) in [5.41, 5.74) is 6.42. The highest BCUT2D eigenvalue weighted by atomic mass is 32.1. The first-order chi connectivity index (χ1) is 9.65. The average Bonchev–Trinajstić information content (AvgIpc) is 2.87. The molecule has 0 saturated carbocycles. The average molecular weight is 296 g/mol. The number of methoxy groups -OCH3 is 1. The molecule has 0 aromatic carbocycles. The largest absolute Gasteiger partial charge is 0.384 e. The van der Waals surface area contributed by atoms with Crippen molar-refractivity contribution in [1.29, 1.82) is 0 Å². The van der Waals surface area contributed by atoms with E-state index < -0.39 is 0 Å². The predicted molar refractivity (Wildman–Crippen MR) is 86.2 cm³/mol. The van der Waals surface area contributed by atoms with Gasteiger partial charge in [0, 0.05) is 29.5 Å². The Morgan fingerprint density at radius 1 is 1.40 bits per heavy atom. The topological polar surface area (TPSA) is 38.5 Å². The van der Waals surface area contributed by atoms with Crippen LogP contribution in [0.2, 0.25) is 0 Å². The Labute approximate surface area is 127 Å². The van der Waals surface area contributed by atoms with E-state index >= 15 is 0 Å². The number of ether oxygens (including phenoxy) is 1. The van der Waals surface area contributed by atoms with Crippen LogP contribution in [0, 0.1) is 12.8 Å². The summed E-state index contributed by atoms with van der Waals surface area (Å²) in [6, 6.07) is 5.10. The molecule has 114 valence electrons. The Balaban J connectivity index is 2.05. The number of hydrogen-bond acceptors (Lipinski definition) is 4. The molecule has 2 atom stereocenters. The molecule has 20 heavy (non-hydrogen) atoms. The van der Waals surface area contributed by atoms with Crippen LogP contribution < -0.4 is 5.73 Å². The maximum absolute atomic E-state index is 6.42. The molecule has 0 bridgehead atoms. The summed E-state index contributed by atoms with van der Waals surface area (Å²) in [4.78, 5) is 5.40. The molecule has 2 N–H and O–H groups in total. The Bertz CT molecular complexity index is 399. The minimum absolute atomic E-state index is 0.229. The fourth-order valence-electron chi connectivity index (χ4n) is 3.13. The van der Waals surface area contributed by atoms with Crippen LogP contribution in [0.3, 0.4) is 0 Å². The van der Waals surface area contributed by atoms with Crippen molar-refractivity contribution in [2.45, 2.75) is 45.2 Å². The third kappa shape index (κ3) is 3.82. The van der Waals surface area contributed by atoms with E-state index in [4.69, 9.17) is 10.5 Å². The van der Waals surface area contributed by atoms with Crippen LogP contribution in [0.5, 0.6) is 0 Å². The van der Waals surface area contributed by atoms with Gasteiger partial charge in [-0.15, -0.1) is 11.3 Å². The van der Waals surface area contributed by atoms with Crippen molar-refractivity contribution in [3.05, 3.63) is 21.9 Å². The van der Waals surface area contributed by atoms with E-state index in [-0.39, 0.29) is 6.04 Å². The van der Waals surface area contributed by atoms with Crippen molar-refractivity contribution in [1.82, 2.24) is 4.90 Å². The second-order valence-corrected chi connectivity index (χ2v) is 7.22. The Morgan fingerprint density at radius 3 is 2.60 bits per heavy atom. The Hall–Kier alpha value is -0.420. The van der Waals surface area contributed by atoms with Crippen molar-refractivity contribution >= 4 is 11.3 Å². The van der Waals surface area contributed by atoms with Crippen molar-refractivity contribution in [2.75, 3.05) is 26.8 Å². The monoisotopic (exact) mass is 296 g/mol. The van der Waals surface area contributed by atoms with Crippen LogP contribution in [0.25, 0.3) is 0 Å². The van der Waals surface area contributed by atoms with Gasteiger partial charge in [-0.2, -0.15) is 0 Å². The van der Waals surface area contributed by atoms with E-state index in [1.54, 1.807) is 7.11 Å². The van der Waals surface area contributed by atoms with Gasteiger partial charge in [0.1, 0.15) is 0 Å². The number of aryl methyl sites for hydroxylation is 1. The molecule has 0 amide bonds. The molecule has 1 aromatic rings. The van der Waals surface area contributed by atoms with Gasteiger partial charge in [-0.1, -0.05) is 6.92 Å². The fourth-order valence-corrected chi connectivity index (χ4v) is 4.22. The molecule has 2 heterocycles. The molecular weight excluding hydrogens is 268 g/mol. The molecule has 0 radical (unpaired) electrons. The van der Waals surface area contributed by atoms with Crippen molar-refractivity contribution in [3.63, 3.8) is 0 Å². The maximum Gasteiger partial charge on any atom is 0.0593 e. The van der Waals surface area contributed by atoms with Crippen LogP contribution >= 0.6 is 11.3 Å². The molecule has 1 aliphatic rings. The van der Waals surface area contributed by atoms with E-state index in [1.165, 1.54) is 22.6 Å². The summed E-state index contributed by atoms with van der Waals surface area (Å²) < 4.78 is 5.29. The second kappa shape index (κ2) is 7.55. The van der Waals surface area contributed by atoms with E-state index in [1.807, 2.05) is 11.3 Å². The number of hydrogen-bond donors (Lipinski definition) is 1. The highest BCUT2D eigenvalue weighted by molar-refractivity contribution is 7.12. The van der Waals surface area contributed by atoms with Gasteiger partial charge in [0.15, 0.2) is 0 Å². The van der Waals surface area contributed by atoms with E-state index in [9.17, 15) is 0 Å². The Kier molecular flexibility index (Phi) is 6.02. The van der Waals surface area contributed by atoms with Crippen LogP contribution in [0.1, 0.15) is 42.0 Å². The molecule has 1 aliphatic heterocycles. The highest BCUT2D eigenvalue weighted by Crippen LogP contribution is 2.33. The van der Waals surface area contributed by atoms with Crippen molar-refractivity contribution in [2.24, 2.45) is 11.7 Å². The number of nitrogens with zero attached hydrogens (tertiary/aromatic N) is 1. The van der Waals surface area contributed by atoms with Gasteiger partial charge in [0.05, 0.1) is 6.04 Å². The van der Waals surface area contributed by atoms with Crippen LogP contribution in [-0.2, 0) is 4.74 Å². The van der Waals surface area contributed by atoms with Gasteiger partial charge in [-0.05, 0) is 57.3 Å². The van der Waals surface area contributed by atoms with Gasteiger partial charge in [-0.3, -0.25) is 4.90 Å². The second-order valence-electron chi connectivity index (χ2n) is 5.90. The minimum Gasteiger partial charge on any atom is -0.384 e. The molecular formula is C16H28N2OS. The summed E-state index contributed by atoms with van der Waals surface area (Å²) in [7, 11) is 1.80. The normalized spacial score (nSPS) is 21.0. The molecule has 2 unspecified atom stereocenters. The van der Waals surface area contributed by atoms with Crippen LogP contribution in [-0.4, -0.2) is 37.7 Å². The first-order valence-electron chi connectivity index (χ1n) is 7.70. The number of likely N-dealkylation sites (tertiary alicyclic amines) is 1. The summed E-state index contributed by atoms with van der Waals surface area (Å²) in [5, 5.41) is 0. The lowest BCUT2D eigenvalue weighted by Gasteiger charge is -2.39. The zero-order valence-corrected chi connectivity index (χ0v) is 13.8. The standard InChI is InChI=1S/C16H28N2OS/c1-4-14(17)16(15-6-5-12(2)20-15)18-9-7-13(8-10-18)11-19-3/h5-6,13-14,16H,4,7-11,17H2,1-3H3. The van der Waals surface area contributed by atoms with Gasteiger partial charge in [0.25, 0.3) is 0 Å². The third-order valence-electron chi connectivity index (χ3n) is 4.37. The number of piperidine rings is 1. The zero-order chi connectivity index (χ0) is 14.5. The maximum atomic E-state index is 6.42. The molecule has 1 saturated heterocycles. The van der Waals surface area contributed by atoms with Crippen LogP contribution in [0.4, 0.5) is 0 Å². The summed E-state index contributed by atoms with van der Waals surface area (Å²) in [6.45, 7) is 7.55. The molecule has 1 fully saturated rings. The SMILES string of the molecule is CCC(N)C(c1ccc(C)s1)N1CCC(COC)CC1. The molecule has 3 nitrogen and oxygen atoms in total. The van der Waals surface area contributed by atoms with Crippen LogP contribution in [0.15, 0.2) is 12.1 Å². The minimum atomic E-state index is 0.229. The molecule has 1 aromatic heterocycles. The molecule has 4 heteroatoms. The van der Waals surface area contributed by atoms with E-state index in [0.29, 0.717) is 6.04 Å². The smallest absolute Gasteiger partial charge is 0.0593 e. The lowest BCUT2D eigenvalue weighted by molar-refractivity contribution is 0.0725. The quantitative estimate of drug-likeness (QED) is 0.876. The van der Waals surface area contributed by atoms with E-state index in [2.05, 4.69) is 30.9 Å². The van der Waals surface area contributed by atoms with Gasteiger partial charge in [-0.25, -0.2) is 0 Å². The predicted octanol–water partition coefficient (Wildman–Crippen LogP) is 3.19. The first kappa shape index (κ1) is 16.0.